The number of ether oxygens (including phenoxy) is 2. The van der Waals surface area contributed by atoms with Crippen molar-refractivity contribution < 1.29 is 17.9 Å². The van der Waals surface area contributed by atoms with Crippen molar-refractivity contribution in [2.24, 2.45) is 0 Å². The van der Waals surface area contributed by atoms with Crippen LogP contribution in [0.5, 0.6) is 11.9 Å². The first-order valence-corrected chi connectivity index (χ1v) is 13.6. The van der Waals surface area contributed by atoms with Crippen molar-refractivity contribution in [2.75, 3.05) is 17.9 Å². The van der Waals surface area contributed by atoms with Gasteiger partial charge in [-0.1, -0.05) is 58.4 Å². The fraction of sp³-hybridized carbons (Fsp3) is 0.130. The van der Waals surface area contributed by atoms with Crippen molar-refractivity contribution in [3.05, 3.63) is 87.8 Å². The number of hydrogen-bond donors (Lipinski definition) is 2. The molecule has 0 bridgehead atoms. The number of nitrogens with one attached hydrogen (secondary N) is 2. The Balaban J connectivity index is 1.52. The van der Waals surface area contributed by atoms with Crippen LogP contribution in [0.15, 0.2) is 82.3 Å². The van der Waals surface area contributed by atoms with E-state index in [1.807, 2.05) is 42.5 Å². The number of halogens is 2. The Morgan fingerprint density at radius 2 is 1.50 bits per heavy atom. The zero-order valence-corrected chi connectivity index (χ0v) is 22.6. The lowest BCUT2D eigenvalue weighted by Crippen LogP contribution is -2.30. The minimum Gasteiger partial charge on any atom is -0.473 e. The molecule has 4 aromatic rings. The van der Waals surface area contributed by atoms with E-state index in [9.17, 15) is 8.42 Å². The van der Waals surface area contributed by atoms with Gasteiger partial charge in [0.15, 0.2) is 5.82 Å². The van der Waals surface area contributed by atoms with E-state index in [2.05, 4.69) is 61.2 Å². The summed E-state index contributed by atoms with van der Waals surface area (Å²) in [5, 5.41) is 0. The van der Waals surface area contributed by atoms with Gasteiger partial charge in [0.2, 0.25) is 5.88 Å². The summed E-state index contributed by atoms with van der Waals surface area (Å²) in [5.41, 5.74) is 1.86. The minimum absolute atomic E-state index is 0.0695. The number of rotatable bonds is 11. The van der Waals surface area contributed by atoms with E-state index < -0.39 is 10.2 Å². The van der Waals surface area contributed by atoms with Crippen molar-refractivity contribution >= 4 is 47.9 Å². The summed E-state index contributed by atoms with van der Waals surface area (Å²) in [6, 6.07) is 16.6. The number of aromatic nitrogens is 4. The normalized spacial score (nSPS) is 11.2. The van der Waals surface area contributed by atoms with Crippen LogP contribution in [0.3, 0.4) is 0 Å². The molecule has 0 unspecified atom stereocenters. The molecule has 0 atom stereocenters. The Morgan fingerprint density at radius 3 is 2.22 bits per heavy atom. The molecule has 2 aromatic heterocycles. The summed E-state index contributed by atoms with van der Waals surface area (Å²) < 4.78 is 43.5. The van der Waals surface area contributed by atoms with Crippen LogP contribution in [-0.4, -0.2) is 41.6 Å². The van der Waals surface area contributed by atoms with Gasteiger partial charge in [0.1, 0.15) is 19.5 Å². The number of benzene rings is 2. The van der Waals surface area contributed by atoms with Gasteiger partial charge in [-0.3, -0.25) is 4.72 Å². The van der Waals surface area contributed by atoms with Gasteiger partial charge in [-0.05, 0) is 39.2 Å². The summed E-state index contributed by atoms with van der Waals surface area (Å²) in [4.78, 5) is 16.5. The maximum absolute atomic E-state index is 12.8. The van der Waals surface area contributed by atoms with Crippen molar-refractivity contribution in [1.82, 2.24) is 24.7 Å². The average Bonchev–Trinajstić information content (AvgIpc) is 2.88. The van der Waals surface area contributed by atoms with Gasteiger partial charge < -0.3 is 9.47 Å². The average molecular weight is 636 g/mol. The Hall–Kier alpha value is -3.13. The molecule has 0 saturated carbocycles. The third-order valence-electron chi connectivity index (χ3n) is 4.64. The second-order valence-electron chi connectivity index (χ2n) is 7.20. The molecule has 2 N–H and O–H groups in total. The highest BCUT2D eigenvalue weighted by Gasteiger charge is 2.20. The third-order valence-corrected chi connectivity index (χ3v) is 6.56. The Kier molecular flexibility index (Phi) is 8.80. The highest BCUT2D eigenvalue weighted by Crippen LogP contribution is 2.35. The van der Waals surface area contributed by atoms with Gasteiger partial charge in [-0.25, -0.2) is 19.9 Å². The number of anilines is 1. The van der Waals surface area contributed by atoms with Crippen molar-refractivity contribution in [3.63, 3.8) is 0 Å². The fourth-order valence-corrected chi connectivity index (χ4v) is 4.32. The molecule has 186 valence electrons. The molecule has 0 fully saturated rings. The van der Waals surface area contributed by atoms with Crippen LogP contribution >= 0.6 is 31.9 Å². The van der Waals surface area contributed by atoms with Crippen molar-refractivity contribution in [2.45, 2.75) is 6.54 Å². The van der Waals surface area contributed by atoms with Crippen LogP contribution < -0.4 is 18.9 Å². The molecule has 10 nitrogen and oxygen atoms in total. The Bertz CT molecular complexity index is 1390. The van der Waals surface area contributed by atoms with Crippen LogP contribution in [-0.2, 0) is 16.8 Å². The Morgan fingerprint density at radius 1 is 0.806 bits per heavy atom. The first-order chi connectivity index (χ1) is 17.4. The predicted octanol–water partition coefficient (Wildman–Crippen LogP) is 4.36. The van der Waals surface area contributed by atoms with Gasteiger partial charge in [-0.15, -0.1) is 0 Å². The number of hydrogen-bond acceptors (Lipinski definition) is 8. The topological polar surface area (TPSA) is 128 Å². The van der Waals surface area contributed by atoms with E-state index in [1.54, 1.807) is 24.5 Å². The molecule has 0 saturated heterocycles. The van der Waals surface area contributed by atoms with E-state index >= 15 is 0 Å². The standard InChI is InChI=1S/C23H20Br2N6O4S/c24-18-8-6-17(7-9-18)20-21(31-36(32,33)30-12-16-4-2-1-3-5-16)28-15-29-22(20)34-10-11-35-23-26-13-19(25)14-27-23/h1-9,13-15,30H,10-12H2,(H,28,29,31). The summed E-state index contributed by atoms with van der Waals surface area (Å²) in [5.74, 6) is 0.258. The highest BCUT2D eigenvalue weighted by atomic mass is 79.9. The molecule has 0 aliphatic rings. The molecule has 4 rings (SSSR count). The zero-order chi connectivity index (χ0) is 25.4. The molecule has 0 aliphatic heterocycles. The molecule has 0 amide bonds. The molecule has 0 spiro atoms. The second kappa shape index (κ2) is 12.2. The molecular weight excluding hydrogens is 616 g/mol. The smallest absolute Gasteiger partial charge is 0.316 e. The molecule has 0 radical (unpaired) electrons. The largest absolute Gasteiger partial charge is 0.473 e. The maximum atomic E-state index is 12.8. The number of nitrogens with zero attached hydrogens (tertiary/aromatic N) is 4. The molecule has 36 heavy (non-hydrogen) atoms. The van der Waals surface area contributed by atoms with Crippen molar-refractivity contribution in [1.29, 1.82) is 0 Å². The summed E-state index contributed by atoms with van der Waals surface area (Å²) >= 11 is 6.67. The molecule has 2 heterocycles. The van der Waals surface area contributed by atoms with E-state index in [4.69, 9.17) is 9.47 Å². The first-order valence-electron chi connectivity index (χ1n) is 10.5. The Labute approximate surface area is 225 Å². The van der Waals surface area contributed by atoms with E-state index in [0.29, 0.717) is 11.1 Å². The van der Waals surface area contributed by atoms with Gasteiger partial charge in [0.05, 0.1) is 10.0 Å². The molecule has 2 aromatic carbocycles. The lowest BCUT2D eigenvalue weighted by molar-refractivity contribution is 0.202. The lowest BCUT2D eigenvalue weighted by atomic mass is 10.1. The third kappa shape index (κ3) is 7.43. The summed E-state index contributed by atoms with van der Waals surface area (Å²) in [7, 11) is -3.95. The van der Waals surface area contributed by atoms with E-state index in [-0.39, 0.29) is 37.5 Å². The van der Waals surface area contributed by atoms with Gasteiger partial charge >= 0.3 is 16.2 Å². The van der Waals surface area contributed by atoms with E-state index in [0.717, 1.165) is 14.5 Å². The van der Waals surface area contributed by atoms with E-state index in [1.165, 1.54) is 6.33 Å². The van der Waals surface area contributed by atoms with Crippen molar-refractivity contribution in [3.8, 4) is 23.0 Å². The second-order valence-corrected chi connectivity index (χ2v) is 10.5. The van der Waals surface area contributed by atoms with Gasteiger partial charge in [0, 0.05) is 23.4 Å². The highest BCUT2D eigenvalue weighted by molar-refractivity contribution is 9.10. The van der Waals surface area contributed by atoms with Crippen LogP contribution in [0.4, 0.5) is 5.82 Å². The molecule has 13 heteroatoms. The molecule has 0 aliphatic carbocycles. The van der Waals surface area contributed by atoms with Crippen LogP contribution in [0.1, 0.15) is 5.56 Å². The van der Waals surface area contributed by atoms with Crippen LogP contribution in [0, 0.1) is 0 Å². The first kappa shape index (κ1) is 25.9. The minimum atomic E-state index is -3.95. The van der Waals surface area contributed by atoms with Gasteiger partial charge in [-0.2, -0.15) is 13.1 Å². The monoisotopic (exact) mass is 634 g/mol. The van der Waals surface area contributed by atoms with Gasteiger partial charge in [0.25, 0.3) is 0 Å². The summed E-state index contributed by atoms with van der Waals surface area (Å²) in [6.07, 6.45) is 4.37. The zero-order valence-electron chi connectivity index (χ0n) is 18.6. The molecular formula is C23H20Br2N6O4S. The van der Waals surface area contributed by atoms with Crippen LogP contribution in [0.25, 0.3) is 11.1 Å². The van der Waals surface area contributed by atoms with Crippen LogP contribution in [0.2, 0.25) is 0 Å². The summed E-state index contributed by atoms with van der Waals surface area (Å²) in [6.45, 7) is 0.372. The predicted molar refractivity (Wildman–Crippen MR) is 142 cm³/mol. The maximum Gasteiger partial charge on any atom is 0.316 e. The fourth-order valence-electron chi connectivity index (χ4n) is 3.02. The lowest BCUT2D eigenvalue weighted by Gasteiger charge is -2.16. The quantitative estimate of drug-likeness (QED) is 0.233. The SMILES string of the molecule is O=S(=O)(NCc1ccccc1)Nc1ncnc(OCCOc2ncc(Br)cn2)c1-c1ccc(Br)cc1.